The lowest BCUT2D eigenvalue weighted by atomic mass is 9.96. The summed E-state index contributed by atoms with van der Waals surface area (Å²) in [6.45, 7) is 3.61. The molecule has 0 aromatic rings. The van der Waals surface area contributed by atoms with Gasteiger partial charge in [0, 0.05) is 32.7 Å². The Morgan fingerprint density at radius 3 is 2.89 bits per heavy atom. The Balaban J connectivity index is 1.95. The zero-order valence-corrected chi connectivity index (χ0v) is 10.8. The van der Waals surface area contributed by atoms with Crippen molar-refractivity contribution in [2.45, 2.75) is 37.8 Å². The third kappa shape index (κ3) is 2.81. The van der Waals surface area contributed by atoms with Crippen molar-refractivity contribution in [1.82, 2.24) is 10.2 Å². The minimum Gasteiger partial charge on any atom is -0.379 e. The number of likely N-dealkylation sites (tertiary alicyclic amines) is 1. The van der Waals surface area contributed by atoms with E-state index in [9.17, 15) is 9.59 Å². The Morgan fingerprint density at radius 1 is 1.50 bits per heavy atom. The molecular formula is C12H21N3O3. The third-order valence-corrected chi connectivity index (χ3v) is 3.59. The number of amides is 2. The standard InChI is InChI=1S/C12H21N3O3/c1-9(16)14-10-3-2-5-15(7-10)11(17)12(13)4-6-18-8-12/h10H,2-8,13H2,1H3,(H,14,16). The molecule has 2 aliphatic heterocycles. The topological polar surface area (TPSA) is 84.7 Å². The number of nitrogens with one attached hydrogen (secondary N) is 1. The fourth-order valence-electron chi connectivity index (χ4n) is 2.63. The summed E-state index contributed by atoms with van der Waals surface area (Å²) in [6.07, 6.45) is 2.39. The van der Waals surface area contributed by atoms with Gasteiger partial charge in [0.05, 0.1) is 6.61 Å². The van der Waals surface area contributed by atoms with Crippen molar-refractivity contribution in [1.29, 1.82) is 0 Å². The van der Waals surface area contributed by atoms with E-state index < -0.39 is 5.54 Å². The van der Waals surface area contributed by atoms with Crippen molar-refractivity contribution in [2.24, 2.45) is 5.73 Å². The molecule has 2 fully saturated rings. The Kier molecular flexibility index (Phi) is 3.87. The molecule has 2 rings (SSSR count). The molecule has 0 bridgehead atoms. The number of hydrogen-bond acceptors (Lipinski definition) is 4. The van der Waals surface area contributed by atoms with Crippen LogP contribution in [0.15, 0.2) is 0 Å². The van der Waals surface area contributed by atoms with Crippen molar-refractivity contribution in [3.63, 3.8) is 0 Å². The number of ether oxygens (including phenoxy) is 1. The van der Waals surface area contributed by atoms with Gasteiger partial charge in [0.1, 0.15) is 5.54 Å². The average molecular weight is 255 g/mol. The molecule has 2 amide bonds. The summed E-state index contributed by atoms with van der Waals surface area (Å²) in [5, 5.41) is 2.86. The van der Waals surface area contributed by atoms with Crippen LogP contribution >= 0.6 is 0 Å². The van der Waals surface area contributed by atoms with Crippen molar-refractivity contribution in [3.8, 4) is 0 Å². The van der Waals surface area contributed by atoms with E-state index >= 15 is 0 Å². The number of rotatable bonds is 2. The first-order valence-corrected chi connectivity index (χ1v) is 6.44. The second-order valence-electron chi connectivity index (χ2n) is 5.25. The molecule has 2 saturated heterocycles. The highest BCUT2D eigenvalue weighted by molar-refractivity contribution is 5.87. The van der Waals surface area contributed by atoms with Gasteiger partial charge < -0.3 is 20.7 Å². The molecule has 0 aliphatic carbocycles. The quantitative estimate of drug-likeness (QED) is 0.678. The Labute approximate surface area is 107 Å². The number of carbonyl (C=O) groups excluding carboxylic acids is 2. The van der Waals surface area contributed by atoms with Crippen LogP contribution < -0.4 is 11.1 Å². The van der Waals surface area contributed by atoms with E-state index in [4.69, 9.17) is 10.5 Å². The normalized spacial score (nSPS) is 32.3. The van der Waals surface area contributed by atoms with Crippen LogP contribution in [0.1, 0.15) is 26.2 Å². The maximum atomic E-state index is 12.4. The maximum Gasteiger partial charge on any atom is 0.245 e. The Morgan fingerprint density at radius 2 is 2.28 bits per heavy atom. The summed E-state index contributed by atoms with van der Waals surface area (Å²) in [5.74, 6) is -0.101. The average Bonchev–Trinajstić information content (AvgIpc) is 2.76. The molecule has 3 N–H and O–H groups in total. The summed E-state index contributed by atoms with van der Waals surface area (Å²) in [4.78, 5) is 25.2. The summed E-state index contributed by atoms with van der Waals surface area (Å²) >= 11 is 0. The number of nitrogens with zero attached hydrogens (tertiary/aromatic N) is 1. The lowest BCUT2D eigenvalue weighted by Gasteiger charge is -2.37. The van der Waals surface area contributed by atoms with Crippen LogP contribution in [0.25, 0.3) is 0 Å². The van der Waals surface area contributed by atoms with Gasteiger partial charge in [-0.05, 0) is 19.3 Å². The molecule has 6 heteroatoms. The molecule has 0 aromatic heterocycles. The van der Waals surface area contributed by atoms with Gasteiger partial charge in [-0.1, -0.05) is 0 Å². The zero-order valence-electron chi connectivity index (χ0n) is 10.8. The van der Waals surface area contributed by atoms with Crippen LogP contribution in [-0.2, 0) is 14.3 Å². The Hall–Kier alpha value is -1.14. The van der Waals surface area contributed by atoms with E-state index in [1.54, 1.807) is 4.90 Å². The van der Waals surface area contributed by atoms with E-state index in [0.717, 1.165) is 12.8 Å². The smallest absolute Gasteiger partial charge is 0.245 e. The summed E-state index contributed by atoms with van der Waals surface area (Å²) in [7, 11) is 0. The van der Waals surface area contributed by atoms with Crippen LogP contribution in [0.5, 0.6) is 0 Å². The molecule has 6 nitrogen and oxygen atoms in total. The van der Waals surface area contributed by atoms with Gasteiger partial charge in [0.25, 0.3) is 0 Å². The van der Waals surface area contributed by atoms with Crippen molar-refractivity contribution < 1.29 is 14.3 Å². The lowest BCUT2D eigenvalue weighted by Crippen LogP contribution is -2.59. The Bertz CT molecular complexity index is 339. The first-order valence-electron chi connectivity index (χ1n) is 6.44. The summed E-state index contributed by atoms with van der Waals surface area (Å²) < 4.78 is 5.22. The van der Waals surface area contributed by atoms with Crippen molar-refractivity contribution in [2.75, 3.05) is 26.3 Å². The number of piperidine rings is 1. The number of nitrogens with two attached hydrogens (primary N) is 1. The largest absolute Gasteiger partial charge is 0.379 e. The second-order valence-corrected chi connectivity index (χ2v) is 5.25. The first-order chi connectivity index (χ1) is 8.51. The highest BCUT2D eigenvalue weighted by Gasteiger charge is 2.42. The molecule has 0 radical (unpaired) electrons. The van der Waals surface area contributed by atoms with Gasteiger partial charge in [-0.25, -0.2) is 0 Å². The zero-order chi connectivity index (χ0) is 13.2. The number of carbonyl (C=O) groups is 2. The summed E-state index contributed by atoms with van der Waals surface area (Å²) in [5.41, 5.74) is 5.21. The predicted octanol–water partition coefficient (Wildman–Crippen LogP) is -0.769. The first kappa shape index (κ1) is 13.3. The van der Waals surface area contributed by atoms with Crippen LogP contribution in [0.3, 0.4) is 0 Å². The third-order valence-electron chi connectivity index (χ3n) is 3.59. The molecule has 2 aliphatic rings. The van der Waals surface area contributed by atoms with Gasteiger partial charge in [-0.3, -0.25) is 9.59 Å². The van der Waals surface area contributed by atoms with E-state index in [1.807, 2.05) is 0 Å². The van der Waals surface area contributed by atoms with E-state index in [0.29, 0.717) is 32.7 Å². The fraction of sp³-hybridized carbons (Fsp3) is 0.833. The molecule has 2 unspecified atom stereocenters. The van der Waals surface area contributed by atoms with E-state index in [1.165, 1.54) is 6.92 Å². The van der Waals surface area contributed by atoms with Gasteiger partial charge >= 0.3 is 0 Å². The van der Waals surface area contributed by atoms with Gasteiger partial charge in [-0.15, -0.1) is 0 Å². The number of hydrogen-bond donors (Lipinski definition) is 2. The maximum absolute atomic E-state index is 12.4. The van der Waals surface area contributed by atoms with Crippen LogP contribution in [-0.4, -0.2) is 54.6 Å². The minimum atomic E-state index is -0.863. The van der Waals surface area contributed by atoms with Gasteiger partial charge in [-0.2, -0.15) is 0 Å². The SMILES string of the molecule is CC(=O)NC1CCCN(C(=O)C2(N)CCOC2)C1. The molecular weight excluding hydrogens is 234 g/mol. The van der Waals surface area contributed by atoms with E-state index in [-0.39, 0.29) is 17.9 Å². The molecule has 0 spiro atoms. The van der Waals surface area contributed by atoms with Gasteiger partial charge in [0.15, 0.2) is 0 Å². The molecule has 2 atom stereocenters. The highest BCUT2D eigenvalue weighted by Crippen LogP contribution is 2.21. The second kappa shape index (κ2) is 5.24. The monoisotopic (exact) mass is 255 g/mol. The minimum absolute atomic E-state index is 0.0462. The van der Waals surface area contributed by atoms with Crippen LogP contribution in [0.4, 0.5) is 0 Å². The molecule has 102 valence electrons. The molecule has 0 saturated carbocycles. The molecule has 2 heterocycles. The predicted molar refractivity (Wildman–Crippen MR) is 65.8 cm³/mol. The van der Waals surface area contributed by atoms with Crippen molar-refractivity contribution >= 4 is 11.8 Å². The highest BCUT2D eigenvalue weighted by atomic mass is 16.5. The summed E-state index contributed by atoms with van der Waals surface area (Å²) in [6, 6.07) is 0.0473. The lowest BCUT2D eigenvalue weighted by molar-refractivity contribution is -0.139. The van der Waals surface area contributed by atoms with Crippen molar-refractivity contribution in [3.05, 3.63) is 0 Å². The van der Waals surface area contributed by atoms with E-state index in [2.05, 4.69) is 5.32 Å². The van der Waals surface area contributed by atoms with Crippen LogP contribution in [0.2, 0.25) is 0 Å². The molecule has 0 aromatic carbocycles. The molecule has 18 heavy (non-hydrogen) atoms. The fourth-order valence-corrected chi connectivity index (χ4v) is 2.63. The van der Waals surface area contributed by atoms with Gasteiger partial charge in [0.2, 0.25) is 11.8 Å². The van der Waals surface area contributed by atoms with Crippen LogP contribution in [0, 0.1) is 0 Å².